The van der Waals surface area contributed by atoms with Gasteiger partial charge in [-0.15, -0.1) is 4.37 Å². The lowest BCUT2D eigenvalue weighted by atomic mass is 9.99. The number of carbonyl (C=O) groups is 2. The number of carbonyl (C=O) groups excluding carboxylic acids is 2. The molecule has 0 amide bonds. The lowest BCUT2D eigenvalue weighted by molar-refractivity contribution is -0.273. The Morgan fingerprint density at radius 3 is 2.91 bits per heavy atom. The van der Waals surface area contributed by atoms with Crippen LogP contribution in [0.2, 0.25) is 0 Å². The van der Waals surface area contributed by atoms with E-state index in [4.69, 9.17) is 14.2 Å². The number of hydrogen-bond donors (Lipinski definition) is 0. The monoisotopic (exact) mass is 361 g/mol. The number of nitrogens with zero attached hydrogens (tertiary/aromatic N) is 3. The Hall–Kier alpha value is -1.46. The number of alkyl halides is 1. The molecule has 124 valence electrons. The molecule has 3 aliphatic rings. The zero-order chi connectivity index (χ0) is 16.0. The average molecular weight is 361 g/mol. The van der Waals surface area contributed by atoms with Crippen molar-refractivity contribution in [3.8, 4) is 5.88 Å². The zero-order valence-electron chi connectivity index (χ0n) is 11.8. The summed E-state index contributed by atoms with van der Waals surface area (Å²) in [7, 11) is 0. The molecule has 3 atom stereocenters. The minimum Gasteiger partial charge on any atom is -0.461 e. The van der Waals surface area contributed by atoms with Crippen LogP contribution in [0.25, 0.3) is 0 Å². The van der Waals surface area contributed by atoms with Gasteiger partial charge < -0.3 is 14.2 Å². The van der Waals surface area contributed by atoms with Crippen LogP contribution < -0.4 is 4.74 Å². The van der Waals surface area contributed by atoms with Crippen molar-refractivity contribution in [2.24, 2.45) is 5.92 Å². The van der Waals surface area contributed by atoms with Crippen molar-refractivity contribution < 1.29 is 28.2 Å². The first-order valence-corrected chi connectivity index (χ1v) is 8.75. The zero-order valence-corrected chi connectivity index (χ0v) is 13.4. The molecule has 3 aliphatic heterocycles. The van der Waals surface area contributed by atoms with Gasteiger partial charge in [-0.3, -0.25) is 4.39 Å². The standard InChI is InChI=1S/C12H12FN3O5S2/c13-2-4-22-9-8(14-23-15-9)19-7-6-1-3-16(5-6)12(7)20-10(17)11(18)21-12/h6-7H,1-5H2. The Labute approximate surface area is 138 Å². The number of aromatic nitrogens is 2. The van der Waals surface area contributed by atoms with E-state index < -0.39 is 30.6 Å². The van der Waals surface area contributed by atoms with Gasteiger partial charge in [0.05, 0.1) is 18.4 Å². The van der Waals surface area contributed by atoms with Crippen molar-refractivity contribution in [2.45, 2.75) is 23.5 Å². The van der Waals surface area contributed by atoms with Crippen LogP contribution >= 0.6 is 23.5 Å². The highest BCUT2D eigenvalue weighted by Crippen LogP contribution is 2.47. The van der Waals surface area contributed by atoms with E-state index >= 15 is 0 Å². The van der Waals surface area contributed by atoms with E-state index in [-0.39, 0.29) is 17.6 Å². The van der Waals surface area contributed by atoms with Crippen LogP contribution in [-0.2, 0) is 19.1 Å². The summed E-state index contributed by atoms with van der Waals surface area (Å²) in [6.07, 6.45) is 0.173. The highest BCUT2D eigenvalue weighted by atomic mass is 32.2. The molecule has 2 bridgehead atoms. The molecule has 3 saturated heterocycles. The first-order valence-electron chi connectivity index (χ1n) is 7.03. The molecule has 0 saturated carbocycles. The predicted octanol–water partition coefficient (Wildman–Crippen LogP) is 0.436. The highest BCUT2D eigenvalue weighted by Gasteiger charge is 2.69. The Bertz CT molecular complexity index is 640. The van der Waals surface area contributed by atoms with E-state index in [1.165, 1.54) is 11.8 Å². The van der Waals surface area contributed by atoms with Gasteiger partial charge in [-0.2, -0.15) is 4.37 Å². The SMILES string of the molecule is O=C1OC2(OC1=O)C(Oc1nsnc1SCCF)C1CCN2C1. The van der Waals surface area contributed by atoms with Crippen molar-refractivity contribution >= 4 is 35.4 Å². The van der Waals surface area contributed by atoms with E-state index in [9.17, 15) is 14.0 Å². The maximum Gasteiger partial charge on any atom is 0.422 e. The molecule has 4 rings (SSSR count). The summed E-state index contributed by atoms with van der Waals surface area (Å²) in [6.45, 7) is 0.778. The molecule has 3 unspecified atom stereocenters. The van der Waals surface area contributed by atoms with Crippen LogP contribution in [0.4, 0.5) is 4.39 Å². The molecule has 0 aromatic carbocycles. The fraction of sp³-hybridized carbons (Fsp3) is 0.667. The third-order valence-electron chi connectivity index (χ3n) is 4.08. The molecule has 8 nitrogen and oxygen atoms in total. The largest absolute Gasteiger partial charge is 0.461 e. The number of halogens is 1. The van der Waals surface area contributed by atoms with Crippen LogP contribution in [0.15, 0.2) is 5.03 Å². The fourth-order valence-electron chi connectivity index (χ4n) is 3.17. The van der Waals surface area contributed by atoms with E-state index in [2.05, 4.69) is 8.75 Å². The number of ether oxygens (including phenoxy) is 3. The molecule has 3 fully saturated rings. The molecule has 1 spiro atoms. The maximum absolute atomic E-state index is 12.3. The second-order valence-electron chi connectivity index (χ2n) is 5.35. The lowest BCUT2D eigenvalue weighted by Gasteiger charge is -2.36. The van der Waals surface area contributed by atoms with Gasteiger partial charge in [-0.05, 0) is 6.42 Å². The van der Waals surface area contributed by atoms with E-state index in [0.717, 1.165) is 18.1 Å². The number of rotatable bonds is 5. The molecule has 1 aromatic rings. The first kappa shape index (κ1) is 15.1. The number of esters is 2. The summed E-state index contributed by atoms with van der Waals surface area (Å²) < 4.78 is 36.8. The molecule has 0 N–H and O–H groups in total. The Kier molecular flexibility index (Phi) is 3.65. The third-order valence-corrected chi connectivity index (χ3v) is 5.61. The van der Waals surface area contributed by atoms with Gasteiger partial charge in [-0.1, -0.05) is 11.8 Å². The molecular formula is C12H12FN3O5S2. The Morgan fingerprint density at radius 1 is 1.39 bits per heavy atom. The van der Waals surface area contributed by atoms with Crippen LogP contribution in [0.1, 0.15) is 6.42 Å². The Balaban J connectivity index is 1.59. The number of fused-ring (bicyclic) bond motifs is 3. The van der Waals surface area contributed by atoms with E-state index in [1.54, 1.807) is 4.90 Å². The number of thioether (sulfide) groups is 1. The molecule has 0 radical (unpaired) electrons. The van der Waals surface area contributed by atoms with Gasteiger partial charge in [0.25, 0.3) is 5.88 Å². The summed E-state index contributed by atoms with van der Waals surface area (Å²) in [6, 6.07) is 0. The van der Waals surface area contributed by atoms with Crippen molar-refractivity contribution in [3.05, 3.63) is 0 Å². The second-order valence-corrected chi connectivity index (χ2v) is 6.97. The van der Waals surface area contributed by atoms with Crippen molar-refractivity contribution in [1.29, 1.82) is 0 Å². The molecule has 4 heterocycles. The molecular weight excluding hydrogens is 349 g/mol. The molecule has 1 aromatic heterocycles. The van der Waals surface area contributed by atoms with Crippen LogP contribution in [0, 0.1) is 5.92 Å². The van der Waals surface area contributed by atoms with Crippen LogP contribution in [0.5, 0.6) is 5.88 Å². The fourth-order valence-corrected chi connectivity index (χ4v) is 4.42. The first-order chi connectivity index (χ1) is 11.1. The highest BCUT2D eigenvalue weighted by molar-refractivity contribution is 7.99. The normalized spacial score (nSPS) is 30.7. The number of hydrogen-bond acceptors (Lipinski definition) is 10. The van der Waals surface area contributed by atoms with Gasteiger partial charge in [0.1, 0.15) is 0 Å². The lowest BCUT2D eigenvalue weighted by Crippen LogP contribution is -2.57. The summed E-state index contributed by atoms with van der Waals surface area (Å²) in [5, 5.41) is 0.483. The second kappa shape index (κ2) is 5.56. The summed E-state index contributed by atoms with van der Waals surface area (Å²) in [5.41, 5.74) is 0. The van der Waals surface area contributed by atoms with Gasteiger partial charge in [0.2, 0.25) is 0 Å². The van der Waals surface area contributed by atoms with Crippen LogP contribution in [0.3, 0.4) is 0 Å². The van der Waals surface area contributed by atoms with Gasteiger partial charge in [-0.25, -0.2) is 14.5 Å². The van der Waals surface area contributed by atoms with Crippen molar-refractivity contribution in [1.82, 2.24) is 13.6 Å². The van der Waals surface area contributed by atoms with E-state index in [0.29, 0.717) is 18.1 Å². The summed E-state index contributed by atoms with van der Waals surface area (Å²) >= 11 is 2.15. The van der Waals surface area contributed by atoms with Crippen molar-refractivity contribution in [3.63, 3.8) is 0 Å². The molecule has 11 heteroatoms. The van der Waals surface area contributed by atoms with Crippen molar-refractivity contribution in [2.75, 3.05) is 25.5 Å². The molecule has 0 aliphatic carbocycles. The summed E-state index contributed by atoms with van der Waals surface area (Å²) in [4.78, 5) is 24.8. The average Bonchev–Trinajstić information content (AvgIpc) is 3.27. The predicted molar refractivity (Wildman–Crippen MR) is 75.6 cm³/mol. The smallest absolute Gasteiger partial charge is 0.422 e. The van der Waals surface area contributed by atoms with Crippen LogP contribution in [-0.4, -0.2) is 63.1 Å². The van der Waals surface area contributed by atoms with Gasteiger partial charge in [0, 0.05) is 24.8 Å². The number of piperidine rings is 1. The minimum absolute atomic E-state index is 0.0504. The minimum atomic E-state index is -1.51. The topological polar surface area (TPSA) is 90.8 Å². The summed E-state index contributed by atoms with van der Waals surface area (Å²) in [5.74, 6) is -3.00. The van der Waals surface area contributed by atoms with Gasteiger partial charge in [0.15, 0.2) is 11.1 Å². The third kappa shape index (κ3) is 2.29. The quantitative estimate of drug-likeness (QED) is 0.421. The maximum atomic E-state index is 12.3. The van der Waals surface area contributed by atoms with Gasteiger partial charge >= 0.3 is 17.8 Å². The molecule has 23 heavy (non-hydrogen) atoms. The Morgan fingerprint density at radius 2 is 2.17 bits per heavy atom. The van der Waals surface area contributed by atoms with E-state index in [1.807, 2.05) is 0 Å².